The van der Waals surface area contributed by atoms with Gasteiger partial charge >= 0.3 is 0 Å². The normalized spacial score (nSPS) is 36.5. The summed E-state index contributed by atoms with van der Waals surface area (Å²) in [5, 5.41) is 0. The summed E-state index contributed by atoms with van der Waals surface area (Å²) in [5.41, 5.74) is 6.00. The van der Waals surface area contributed by atoms with Gasteiger partial charge in [0, 0.05) is 18.6 Å². The van der Waals surface area contributed by atoms with E-state index in [-0.39, 0.29) is 0 Å². The second kappa shape index (κ2) is 5.89. The Hall–Kier alpha value is -0.120. The van der Waals surface area contributed by atoms with Gasteiger partial charge in [-0.2, -0.15) is 0 Å². The van der Waals surface area contributed by atoms with Crippen molar-refractivity contribution in [3.63, 3.8) is 0 Å². The van der Waals surface area contributed by atoms with Crippen molar-refractivity contribution in [2.75, 3.05) is 32.7 Å². The highest BCUT2D eigenvalue weighted by Crippen LogP contribution is 2.31. The van der Waals surface area contributed by atoms with Gasteiger partial charge in [0.15, 0.2) is 0 Å². The van der Waals surface area contributed by atoms with Crippen molar-refractivity contribution >= 4 is 0 Å². The summed E-state index contributed by atoms with van der Waals surface area (Å²) in [6, 6.07) is 1.38. The van der Waals surface area contributed by atoms with Crippen molar-refractivity contribution in [2.24, 2.45) is 11.7 Å². The molecule has 3 heterocycles. The summed E-state index contributed by atoms with van der Waals surface area (Å²) in [5.74, 6) is 0.938. The van der Waals surface area contributed by atoms with E-state index in [9.17, 15) is 0 Å². The molecule has 0 aliphatic carbocycles. The molecule has 3 rings (SSSR count). The van der Waals surface area contributed by atoms with Crippen molar-refractivity contribution < 1.29 is 0 Å². The van der Waals surface area contributed by atoms with Crippen LogP contribution in [0.25, 0.3) is 0 Å². The Labute approximate surface area is 112 Å². The van der Waals surface area contributed by atoms with E-state index in [0.717, 1.165) is 12.0 Å². The van der Waals surface area contributed by atoms with Gasteiger partial charge in [-0.25, -0.2) is 0 Å². The quantitative estimate of drug-likeness (QED) is 0.810. The zero-order chi connectivity index (χ0) is 12.4. The first-order chi connectivity index (χ1) is 8.83. The van der Waals surface area contributed by atoms with E-state index in [1.165, 1.54) is 77.7 Å². The first-order valence-corrected chi connectivity index (χ1v) is 8.05. The fourth-order valence-electron chi connectivity index (χ4n) is 4.26. The lowest BCUT2D eigenvalue weighted by Crippen LogP contribution is -2.52. The van der Waals surface area contributed by atoms with Gasteiger partial charge in [-0.1, -0.05) is 6.42 Å². The molecule has 0 aromatic carbocycles. The molecule has 0 aromatic heterocycles. The fourth-order valence-corrected chi connectivity index (χ4v) is 4.26. The molecular formula is C15H29N3. The van der Waals surface area contributed by atoms with Gasteiger partial charge in [0.05, 0.1) is 0 Å². The molecule has 0 unspecified atom stereocenters. The average Bonchev–Trinajstić information content (AvgIpc) is 2.42. The lowest BCUT2D eigenvalue weighted by molar-refractivity contribution is 0.0361. The number of rotatable bonds is 2. The minimum atomic E-state index is 0.471. The van der Waals surface area contributed by atoms with Crippen LogP contribution in [0.3, 0.4) is 0 Å². The minimum Gasteiger partial charge on any atom is -0.328 e. The van der Waals surface area contributed by atoms with Crippen LogP contribution in [0.1, 0.15) is 44.9 Å². The molecule has 2 N–H and O–H groups in total. The highest BCUT2D eigenvalue weighted by molar-refractivity contribution is 4.89. The van der Waals surface area contributed by atoms with Crippen LogP contribution in [0, 0.1) is 5.92 Å². The zero-order valence-corrected chi connectivity index (χ0v) is 11.7. The highest BCUT2D eigenvalue weighted by Gasteiger charge is 2.34. The smallest absolute Gasteiger partial charge is 0.0136 e. The second-order valence-corrected chi connectivity index (χ2v) is 6.64. The van der Waals surface area contributed by atoms with E-state index in [4.69, 9.17) is 5.73 Å². The Morgan fingerprint density at radius 1 is 0.833 bits per heavy atom. The van der Waals surface area contributed by atoms with Gasteiger partial charge < -0.3 is 15.5 Å². The number of likely N-dealkylation sites (tertiary alicyclic amines) is 1. The molecule has 0 saturated carbocycles. The number of hydrogen-bond acceptors (Lipinski definition) is 3. The molecule has 104 valence electrons. The summed E-state index contributed by atoms with van der Waals surface area (Å²) in [4.78, 5) is 5.47. The molecule has 0 aromatic rings. The van der Waals surface area contributed by atoms with Crippen LogP contribution in [0.2, 0.25) is 0 Å². The molecule has 3 aliphatic rings. The van der Waals surface area contributed by atoms with Crippen LogP contribution in [-0.2, 0) is 0 Å². The monoisotopic (exact) mass is 251 g/mol. The van der Waals surface area contributed by atoms with E-state index in [0.29, 0.717) is 6.04 Å². The number of hydrogen-bond donors (Lipinski definition) is 1. The predicted octanol–water partition coefficient (Wildman–Crippen LogP) is 1.67. The predicted molar refractivity (Wildman–Crippen MR) is 75.6 cm³/mol. The molecular weight excluding hydrogens is 222 g/mol. The van der Waals surface area contributed by atoms with Gasteiger partial charge in [-0.05, 0) is 70.6 Å². The van der Waals surface area contributed by atoms with E-state index in [1.807, 2.05) is 0 Å². The molecule has 2 atom stereocenters. The third-order valence-corrected chi connectivity index (χ3v) is 5.35. The maximum Gasteiger partial charge on any atom is 0.0136 e. The number of fused-ring (bicyclic) bond motifs is 1. The molecule has 18 heavy (non-hydrogen) atoms. The van der Waals surface area contributed by atoms with Gasteiger partial charge in [0.1, 0.15) is 0 Å². The molecule has 3 saturated heterocycles. The topological polar surface area (TPSA) is 32.5 Å². The van der Waals surface area contributed by atoms with E-state index in [1.54, 1.807) is 0 Å². The third-order valence-electron chi connectivity index (χ3n) is 5.35. The Morgan fingerprint density at radius 3 is 2.44 bits per heavy atom. The Morgan fingerprint density at radius 2 is 1.61 bits per heavy atom. The van der Waals surface area contributed by atoms with Crippen LogP contribution < -0.4 is 5.73 Å². The average molecular weight is 251 g/mol. The van der Waals surface area contributed by atoms with Crippen molar-refractivity contribution in [3.05, 3.63) is 0 Å². The SMILES string of the molecule is NC1CCN(C[C@@H]2CCCN3CCCC[C@H]23)CC1. The molecule has 0 amide bonds. The molecule has 3 nitrogen and oxygen atoms in total. The summed E-state index contributed by atoms with van der Waals surface area (Å²) in [6.45, 7) is 6.56. The van der Waals surface area contributed by atoms with Crippen LogP contribution in [0.4, 0.5) is 0 Å². The first-order valence-electron chi connectivity index (χ1n) is 8.05. The minimum absolute atomic E-state index is 0.471. The molecule has 3 fully saturated rings. The van der Waals surface area contributed by atoms with E-state index >= 15 is 0 Å². The van der Waals surface area contributed by atoms with Crippen LogP contribution >= 0.6 is 0 Å². The van der Waals surface area contributed by atoms with Crippen molar-refractivity contribution in [2.45, 2.75) is 57.0 Å². The molecule has 0 bridgehead atoms. The van der Waals surface area contributed by atoms with Gasteiger partial charge in [-0.3, -0.25) is 0 Å². The van der Waals surface area contributed by atoms with Gasteiger partial charge in [-0.15, -0.1) is 0 Å². The summed E-state index contributed by atoms with van der Waals surface area (Å²) in [6.07, 6.45) is 9.66. The maximum atomic E-state index is 6.00. The van der Waals surface area contributed by atoms with Crippen LogP contribution in [0.5, 0.6) is 0 Å². The lowest BCUT2D eigenvalue weighted by Gasteiger charge is -2.46. The second-order valence-electron chi connectivity index (χ2n) is 6.64. The highest BCUT2D eigenvalue weighted by atomic mass is 15.2. The van der Waals surface area contributed by atoms with Gasteiger partial charge in [0.25, 0.3) is 0 Å². The van der Waals surface area contributed by atoms with Crippen molar-refractivity contribution in [1.29, 1.82) is 0 Å². The van der Waals surface area contributed by atoms with Gasteiger partial charge in [0.2, 0.25) is 0 Å². The Bertz CT molecular complexity index is 258. The van der Waals surface area contributed by atoms with E-state index in [2.05, 4.69) is 9.80 Å². The largest absolute Gasteiger partial charge is 0.328 e. The molecule has 0 radical (unpaired) electrons. The van der Waals surface area contributed by atoms with Crippen LogP contribution in [-0.4, -0.2) is 54.6 Å². The molecule has 3 aliphatic heterocycles. The first kappa shape index (κ1) is 12.9. The summed E-state index contributed by atoms with van der Waals surface area (Å²) in [7, 11) is 0. The maximum absolute atomic E-state index is 6.00. The van der Waals surface area contributed by atoms with Crippen molar-refractivity contribution in [3.8, 4) is 0 Å². The number of nitrogens with zero attached hydrogens (tertiary/aromatic N) is 2. The molecule has 0 spiro atoms. The Kier molecular flexibility index (Phi) is 4.22. The Balaban J connectivity index is 1.54. The van der Waals surface area contributed by atoms with E-state index < -0.39 is 0 Å². The summed E-state index contributed by atoms with van der Waals surface area (Å²) >= 11 is 0. The lowest BCUT2D eigenvalue weighted by atomic mass is 9.83. The fraction of sp³-hybridized carbons (Fsp3) is 1.00. The number of nitrogens with two attached hydrogens (primary N) is 1. The third kappa shape index (κ3) is 2.89. The standard InChI is InChI=1S/C15H29N3/c16-14-6-10-17(11-7-14)12-13-4-3-9-18-8-2-1-5-15(13)18/h13-15H,1-12,16H2/t13-,15+/m0/s1. The molecule has 3 heteroatoms. The van der Waals surface area contributed by atoms with Crippen molar-refractivity contribution in [1.82, 2.24) is 9.80 Å². The zero-order valence-electron chi connectivity index (χ0n) is 11.7. The summed E-state index contributed by atoms with van der Waals surface area (Å²) < 4.78 is 0. The van der Waals surface area contributed by atoms with Crippen LogP contribution in [0.15, 0.2) is 0 Å². The number of piperidine rings is 3.